The molecule has 2 rings (SSSR count). The number of aromatic nitrogens is 2. The minimum atomic E-state index is -0.740. The Hall–Kier alpha value is -1.75. The van der Waals surface area contributed by atoms with Crippen molar-refractivity contribution in [3.05, 3.63) is 29.9 Å². The highest BCUT2D eigenvalue weighted by Gasteiger charge is 2.19. The van der Waals surface area contributed by atoms with Crippen LogP contribution in [-0.4, -0.2) is 26.2 Å². The molecule has 0 saturated heterocycles. The molecule has 1 aliphatic carbocycles. The number of carbonyl (C=O) groups is 1. The van der Waals surface area contributed by atoms with Crippen LogP contribution < -0.4 is 0 Å². The average Bonchev–Trinajstić information content (AvgIpc) is 2.39. The van der Waals surface area contributed by atoms with Crippen LogP contribution in [-0.2, 0) is 11.4 Å². The lowest BCUT2D eigenvalue weighted by Gasteiger charge is -2.19. The highest BCUT2D eigenvalue weighted by molar-refractivity contribution is 5.67. The fraction of sp³-hybridized carbons (Fsp3) is 0.462. The Bertz CT molecular complexity index is 471. The third-order valence-electron chi connectivity index (χ3n) is 3.15. The number of aliphatic hydroxyl groups excluding tert-OH is 1. The third kappa shape index (κ3) is 3.13. The van der Waals surface area contributed by atoms with E-state index < -0.39 is 5.97 Å². The van der Waals surface area contributed by atoms with Gasteiger partial charge in [0.05, 0.1) is 12.3 Å². The van der Waals surface area contributed by atoms with E-state index in [0.717, 1.165) is 24.8 Å². The Morgan fingerprint density at radius 3 is 2.94 bits per heavy atom. The molecule has 0 radical (unpaired) electrons. The minimum absolute atomic E-state index is 0.0928. The lowest BCUT2D eigenvalue weighted by atomic mass is 9.87. The summed E-state index contributed by atoms with van der Waals surface area (Å²) in [6, 6.07) is 1.68. The quantitative estimate of drug-likeness (QED) is 0.846. The Balaban J connectivity index is 2.06. The van der Waals surface area contributed by atoms with Crippen molar-refractivity contribution in [3.8, 4) is 0 Å². The van der Waals surface area contributed by atoms with Crippen LogP contribution in [0, 0.1) is 5.92 Å². The second kappa shape index (κ2) is 5.73. The number of aliphatic carboxylic acids is 1. The molecule has 0 bridgehead atoms. The molecule has 0 aliphatic heterocycles. The van der Waals surface area contributed by atoms with Gasteiger partial charge in [-0.25, -0.2) is 9.97 Å². The highest BCUT2D eigenvalue weighted by Crippen LogP contribution is 2.30. The van der Waals surface area contributed by atoms with Crippen LogP contribution in [0.2, 0.25) is 0 Å². The van der Waals surface area contributed by atoms with E-state index in [1.54, 1.807) is 12.3 Å². The summed E-state index contributed by atoms with van der Waals surface area (Å²) in [6.07, 6.45) is 6.29. The molecule has 5 heteroatoms. The molecule has 1 aliphatic rings. The number of allylic oxidation sites excluding steroid dienone is 2. The molecule has 0 spiro atoms. The van der Waals surface area contributed by atoms with Gasteiger partial charge in [-0.2, -0.15) is 0 Å². The van der Waals surface area contributed by atoms with E-state index in [4.69, 9.17) is 10.2 Å². The van der Waals surface area contributed by atoms with Gasteiger partial charge in [-0.3, -0.25) is 4.79 Å². The van der Waals surface area contributed by atoms with Gasteiger partial charge in [-0.1, -0.05) is 6.08 Å². The molecular formula is C13H16N2O3. The van der Waals surface area contributed by atoms with Crippen molar-refractivity contribution in [1.82, 2.24) is 9.97 Å². The van der Waals surface area contributed by atoms with E-state index in [1.807, 2.05) is 6.08 Å². The Morgan fingerprint density at radius 2 is 2.33 bits per heavy atom. The highest BCUT2D eigenvalue weighted by atomic mass is 16.4. The molecular weight excluding hydrogens is 232 g/mol. The topological polar surface area (TPSA) is 83.3 Å². The minimum Gasteiger partial charge on any atom is -0.481 e. The molecule has 0 saturated carbocycles. The molecule has 1 unspecified atom stereocenters. The van der Waals surface area contributed by atoms with Crippen molar-refractivity contribution < 1.29 is 15.0 Å². The van der Waals surface area contributed by atoms with Crippen LogP contribution in [0.3, 0.4) is 0 Å². The first kappa shape index (κ1) is 12.7. The van der Waals surface area contributed by atoms with Gasteiger partial charge in [0.25, 0.3) is 0 Å². The summed E-state index contributed by atoms with van der Waals surface area (Å²) < 4.78 is 0. The molecule has 1 aromatic heterocycles. The van der Waals surface area contributed by atoms with Crippen molar-refractivity contribution >= 4 is 11.5 Å². The van der Waals surface area contributed by atoms with Crippen molar-refractivity contribution in [3.63, 3.8) is 0 Å². The largest absolute Gasteiger partial charge is 0.481 e. The predicted octanol–water partition coefficient (Wildman–Crippen LogP) is 1.63. The van der Waals surface area contributed by atoms with Crippen molar-refractivity contribution in [2.45, 2.75) is 32.3 Å². The molecule has 0 fully saturated rings. The monoisotopic (exact) mass is 248 g/mol. The van der Waals surface area contributed by atoms with Crippen LogP contribution in [0.5, 0.6) is 0 Å². The van der Waals surface area contributed by atoms with Crippen molar-refractivity contribution in [1.29, 1.82) is 0 Å². The standard InChI is InChI=1S/C13H16N2O3/c16-8-11-5-6-14-13(15-11)10-3-1-9(2-4-10)7-12(17)18/h3,5-6,9,16H,1-2,4,7-8H2,(H,17,18). The van der Waals surface area contributed by atoms with Crippen LogP contribution >= 0.6 is 0 Å². The molecule has 0 aromatic carbocycles. The van der Waals surface area contributed by atoms with Gasteiger partial charge in [0.2, 0.25) is 0 Å². The Kier molecular flexibility index (Phi) is 4.04. The van der Waals surface area contributed by atoms with E-state index in [1.165, 1.54) is 0 Å². The number of carboxylic acid groups (broad SMARTS) is 1. The summed E-state index contributed by atoms with van der Waals surface area (Å²) in [4.78, 5) is 19.1. The summed E-state index contributed by atoms with van der Waals surface area (Å²) in [5.41, 5.74) is 1.65. The van der Waals surface area contributed by atoms with E-state index in [2.05, 4.69) is 9.97 Å². The first-order valence-corrected chi connectivity index (χ1v) is 6.03. The maximum atomic E-state index is 10.6. The first-order chi connectivity index (χ1) is 8.69. The van der Waals surface area contributed by atoms with Gasteiger partial charge in [0.1, 0.15) is 0 Å². The van der Waals surface area contributed by atoms with Gasteiger partial charge in [-0.15, -0.1) is 0 Å². The van der Waals surface area contributed by atoms with E-state index in [-0.39, 0.29) is 18.9 Å². The fourth-order valence-corrected chi connectivity index (χ4v) is 2.16. The summed E-state index contributed by atoms with van der Waals surface area (Å²) in [5.74, 6) is 0.123. The number of rotatable bonds is 4. The number of nitrogens with zero attached hydrogens (tertiary/aromatic N) is 2. The number of carboxylic acids is 1. The second-order valence-corrected chi connectivity index (χ2v) is 4.50. The molecule has 2 N–H and O–H groups in total. The second-order valence-electron chi connectivity index (χ2n) is 4.50. The van der Waals surface area contributed by atoms with E-state index in [0.29, 0.717) is 11.5 Å². The van der Waals surface area contributed by atoms with Gasteiger partial charge in [0, 0.05) is 12.6 Å². The zero-order valence-corrected chi connectivity index (χ0v) is 10.0. The lowest BCUT2D eigenvalue weighted by Crippen LogP contribution is -2.11. The summed E-state index contributed by atoms with van der Waals surface area (Å²) >= 11 is 0. The maximum Gasteiger partial charge on any atom is 0.303 e. The molecule has 1 atom stereocenters. The third-order valence-corrected chi connectivity index (χ3v) is 3.15. The Labute approximate surface area is 105 Å². The normalized spacial score (nSPS) is 19.4. The van der Waals surface area contributed by atoms with Crippen LogP contribution in [0.15, 0.2) is 18.3 Å². The number of aliphatic hydroxyl groups is 1. The van der Waals surface area contributed by atoms with Crippen LogP contribution in [0.4, 0.5) is 0 Å². The van der Waals surface area contributed by atoms with E-state index in [9.17, 15) is 4.79 Å². The predicted molar refractivity (Wildman–Crippen MR) is 65.5 cm³/mol. The van der Waals surface area contributed by atoms with Gasteiger partial charge in [0.15, 0.2) is 5.82 Å². The maximum absolute atomic E-state index is 10.6. The summed E-state index contributed by atoms with van der Waals surface area (Å²) in [6.45, 7) is -0.0928. The van der Waals surface area contributed by atoms with Crippen molar-refractivity contribution in [2.75, 3.05) is 0 Å². The van der Waals surface area contributed by atoms with Crippen LogP contribution in [0.1, 0.15) is 37.2 Å². The SMILES string of the molecule is O=C(O)CC1CC=C(c2nccc(CO)n2)CC1. The average molecular weight is 248 g/mol. The smallest absolute Gasteiger partial charge is 0.303 e. The number of hydrogen-bond donors (Lipinski definition) is 2. The van der Waals surface area contributed by atoms with Crippen molar-refractivity contribution in [2.24, 2.45) is 5.92 Å². The fourth-order valence-electron chi connectivity index (χ4n) is 2.16. The molecule has 96 valence electrons. The Morgan fingerprint density at radius 1 is 1.50 bits per heavy atom. The lowest BCUT2D eigenvalue weighted by molar-refractivity contribution is -0.138. The number of hydrogen-bond acceptors (Lipinski definition) is 4. The van der Waals surface area contributed by atoms with E-state index >= 15 is 0 Å². The molecule has 18 heavy (non-hydrogen) atoms. The summed E-state index contributed by atoms with van der Waals surface area (Å²) in [7, 11) is 0. The molecule has 1 aromatic rings. The van der Waals surface area contributed by atoms with Gasteiger partial charge < -0.3 is 10.2 Å². The zero-order valence-electron chi connectivity index (χ0n) is 10.0. The zero-order chi connectivity index (χ0) is 13.0. The molecule has 0 amide bonds. The van der Waals surface area contributed by atoms with Crippen LogP contribution in [0.25, 0.3) is 5.57 Å². The first-order valence-electron chi connectivity index (χ1n) is 6.03. The van der Waals surface area contributed by atoms with Gasteiger partial charge >= 0.3 is 5.97 Å². The van der Waals surface area contributed by atoms with Gasteiger partial charge in [-0.05, 0) is 36.8 Å². The molecule has 1 heterocycles. The molecule has 5 nitrogen and oxygen atoms in total. The summed E-state index contributed by atoms with van der Waals surface area (Å²) in [5, 5.41) is 17.8.